The zero-order chi connectivity index (χ0) is 17.4. The summed E-state index contributed by atoms with van der Waals surface area (Å²) in [5.41, 5.74) is 1.65. The van der Waals surface area contributed by atoms with E-state index in [9.17, 15) is 4.79 Å². The second kappa shape index (κ2) is 6.37. The number of amides is 1. The Labute approximate surface area is 151 Å². The summed E-state index contributed by atoms with van der Waals surface area (Å²) in [5, 5.41) is 11.6. The monoisotopic (exact) mass is 357 g/mol. The molecular formula is C18H23N5OS. The van der Waals surface area contributed by atoms with Crippen LogP contribution in [-0.4, -0.2) is 45.6 Å². The van der Waals surface area contributed by atoms with Gasteiger partial charge >= 0.3 is 0 Å². The molecule has 2 aliphatic heterocycles. The molecule has 2 aromatic rings. The second-order valence-corrected chi connectivity index (χ2v) is 8.24. The molecule has 132 valence electrons. The molecule has 0 N–H and O–H groups in total. The van der Waals surface area contributed by atoms with Gasteiger partial charge in [0, 0.05) is 25.0 Å². The summed E-state index contributed by atoms with van der Waals surface area (Å²) in [6, 6.07) is 3.99. The number of anilines is 1. The lowest BCUT2D eigenvalue weighted by atomic mass is 9.78. The van der Waals surface area contributed by atoms with Gasteiger partial charge in [0.2, 0.25) is 5.91 Å². The van der Waals surface area contributed by atoms with Crippen molar-refractivity contribution < 1.29 is 4.79 Å². The van der Waals surface area contributed by atoms with Crippen LogP contribution in [0.3, 0.4) is 0 Å². The number of hydrogen-bond donors (Lipinski definition) is 0. The van der Waals surface area contributed by atoms with Crippen molar-refractivity contribution in [3.63, 3.8) is 0 Å². The average Bonchev–Trinajstić information content (AvgIpc) is 3.15. The van der Waals surface area contributed by atoms with E-state index in [2.05, 4.69) is 25.5 Å². The number of likely N-dealkylation sites (tertiary alicyclic amines) is 1. The molecule has 6 nitrogen and oxygen atoms in total. The molecule has 2 aliphatic rings. The molecule has 0 aromatic carbocycles. The van der Waals surface area contributed by atoms with Crippen LogP contribution in [0.25, 0.3) is 0 Å². The Kier molecular flexibility index (Phi) is 4.19. The summed E-state index contributed by atoms with van der Waals surface area (Å²) in [4.78, 5) is 21.9. The number of carbonyl (C=O) groups excluding carboxylic acids is 1. The van der Waals surface area contributed by atoms with Gasteiger partial charge in [-0.15, -0.1) is 16.4 Å². The van der Waals surface area contributed by atoms with Gasteiger partial charge in [-0.2, -0.15) is 5.10 Å². The highest BCUT2D eigenvalue weighted by atomic mass is 32.1. The quantitative estimate of drug-likeness (QED) is 0.845. The highest BCUT2D eigenvalue weighted by molar-refractivity contribution is 7.09. The van der Waals surface area contributed by atoms with E-state index in [0.717, 1.165) is 61.1 Å². The van der Waals surface area contributed by atoms with E-state index in [0.29, 0.717) is 6.54 Å². The largest absolute Gasteiger partial charge is 0.354 e. The Bertz CT molecular complexity index is 774. The first-order valence-electron chi connectivity index (χ1n) is 8.81. The predicted octanol–water partition coefficient (Wildman–Crippen LogP) is 2.57. The fourth-order valence-corrected chi connectivity index (χ4v) is 4.59. The number of aromatic nitrogens is 3. The topological polar surface area (TPSA) is 62.2 Å². The first-order chi connectivity index (χ1) is 12.1. The molecule has 0 aliphatic carbocycles. The molecule has 1 atom stereocenters. The van der Waals surface area contributed by atoms with Crippen LogP contribution in [0, 0.1) is 19.3 Å². The van der Waals surface area contributed by atoms with Gasteiger partial charge in [0.15, 0.2) is 5.82 Å². The van der Waals surface area contributed by atoms with Crippen molar-refractivity contribution >= 4 is 23.1 Å². The van der Waals surface area contributed by atoms with Crippen molar-refractivity contribution in [2.75, 3.05) is 24.5 Å². The fourth-order valence-electron chi connectivity index (χ4n) is 3.99. The Morgan fingerprint density at radius 2 is 2.08 bits per heavy atom. The molecule has 2 saturated heterocycles. The lowest BCUT2D eigenvalue weighted by Gasteiger charge is -2.39. The van der Waals surface area contributed by atoms with E-state index < -0.39 is 0 Å². The van der Waals surface area contributed by atoms with Gasteiger partial charge in [-0.3, -0.25) is 4.79 Å². The third-order valence-corrected chi connectivity index (χ3v) is 6.13. The third kappa shape index (κ3) is 3.13. The molecule has 1 unspecified atom stereocenters. The number of piperidine rings is 1. The molecule has 2 aromatic heterocycles. The van der Waals surface area contributed by atoms with E-state index in [-0.39, 0.29) is 11.3 Å². The molecule has 2 fully saturated rings. The van der Waals surface area contributed by atoms with Crippen molar-refractivity contribution in [2.24, 2.45) is 5.41 Å². The van der Waals surface area contributed by atoms with Crippen molar-refractivity contribution in [3.05, 3.63) is 33.9 Å². The van der Waals surface area contributed by atoms with Crippen molar-refractivity contribution in [2.45, 2.75) is 39.7 Å². The number of nitrogens with zero attached hydrogens (tertiary/aromatic N) is 5. The van der Waals surface area contributed by atoms with E-state index in [4.69, 9.17) is 0 Å². The van der Waals surface area contributed by atoms with Crippen molar-refractivity contribution in [1.29, 1.82) is 0 Å². The summed E-state index contributed by atoms with van der Waals surface area (Å²) < 4.78 is 0. The number of thiazole rings is 1. The standard InChI is InChI=1S/C18H23N5OS/c1-13-4-5-16(21-20-13)23-8-3-6-18(12-23)7-9-22(17(18)24)10-15-11-25-14(2)19-15/h4-5,11H,3,6-10,12H2,1-2H3. The maximum atomic E-state index is 13.2. The molecule has 1 amide bonds. The van der Waals surface area contributed by atoms with Crippen molar-refractivity contribution in [3.8, 4) is 0 Å². The predicted molar refractivity (Wildman–Crippen MR) is 97.5 cm³/mol. The molecule has 4 rings (SSSR count). The minimum atomic E-state index is -0.268. The van der Waals surface area contributed by atoms with Crippen LogP contribution in [0.4, 0.5) is 5.82 Å². The molecule has 25 heavy (non-hydrogen) atoms. The Balaban J connectivity index is 1.49. The van der Waals surface area contributed by atoms with Crippen LogP contribution in [0.15, 0.2) is 17.5 Å². The zero-order valence-corrected chi connectivity index (χ0v) is 15.6. The normalized spacial score (nSPS) is 23.7. The molecule has 0 radical (unpaired) electrons. The molecule has 1 spiro atoms. The SMILES string of the molecule is Cc1ccc(N2CCCC3(CCN(Cc4csc(C)n4)C3=O)C2)nn1. The van der Waals surface area contributed by atoms with Gasteiger partial charge in [0.05, 0.1) is 28.4 Å². The third-order valence-electron chi connectivity index (χ3n) is 5.31. The van der Waals surface area contributed by atoms with Crippen LogP contribution >= 0.6 is 11.3 Å². The summed E-state index contributed by atoms with van der Waals surface area (Å²) in [6.45, 7) is 7.09. The maximum absolute atomic E-state index is 13.2. The van der Waals surface area contributed by atoms with E-state index in [1.807, 2.05) is 30.9 Å². The van der Waals surface area contributed by atoms with Crippen LogP contribution in [0.1, 0.15) is 35.7 Å². The number of hydrogen-bond acceptors (Lipinski definition) is 6. The lowest BCUT2D eigenvalue weighted by molar-refractivity contribution is -0.137. The van der Waals surface area contributed by atoms with Crippen LogP contribution in [0.5, 0.6) is 0 Å². The second-order valence-electron chi connectivity index (χ2n) is 7.17. The average molecular weight is 357 g/mol. The van der Waals surface area contributed by atoms with Gasteiger partial charge in [-0.25, -0.2) is 4.98 Å². The van der Waals surface area contributed by atoms with Gasteiger partial charge in [0.1, 0.15) is 0 Å². The minimum Gasteiger partial charge on any atom is -0.354 e. The fraction of sp³-hybridized carbons (Fsp3) is 0.556. The first kappa shape index (κ1) is 16.4. The Morgan fingerprint density at radius 3 is 2.80 bits per heavy atom. The van der Waals surface area contributed by atoms with Crippen LogP contribution < -0.4 is 4.90 Å². The van der Waals surface area contributed by atoms with Gasteiger partial charge < -0.3 is 9.80 Å². The van der Waals surface area contributed by atoms with E-state index >= 15 is 0 Å². The molecule has 4 heterocycles. The lowest BCUT2D eigenvalue weighted by Crippen LogP contribution is -2.48. The zero-order valence-electron chi connectivity index (χ0n) is 14.7. The highest BCUT2D eigenvalue weighted by Gasteiger charge is 2.49. The van der Waals surface area contributed by atoms with Gasteiger partial charge in [0.25, 0.3) is 0 Å². The van der Waals surface area contributed by atoms with E-state index in [1.165, 1.54) is 0 Å². The molecular weight excluding hydrogens is 334 g/mol. The molecule has 0 saturated carbocycles. The number of aryl methyl sites for hydroxylation is 2. The first-order valence-corrected chi connectivity index (χ1v) is 9.69. The summed E-state index contributed by atoms with van der Waals surface area (Å²) >= 11 is 1.64. The highest BCUT2D eigenvalue weighted by Crippen LogP contribution is 2.41. The summed E-state index contributed by atoms with van der Waals surface area (Å²) in [5.74, 6) is 1.16. The molecule has 7 heteroatoms. The number of carbonyl (C=O) groups is 1. The Morgan fingerprint density at radius 1 is 1.20 bits per heavy atom. The van der Waals surface area contributed by atoms with E-state index in [1.54, 1.807) is 11.3 Å². The van der Waals surface area contributed by atoms with Gasteiger partial charge in [-0.05, 0) is 45.2 Å². The van der Waals surface area contributed by atoms with Crippen LogP contribution in [0.2, 0.25) is 0 Å². The molecule has 0 bridgehead atoms. The maximum Gasteiger partial charge on any atom is 0.231 e. The minimum absolute atomic E-state index is 0.268. The summed E-state index contributed by atoms with van der Waals surface area (Å²) in [7, 11) is 0. The van der Waals surface area contributed by atoms with Crippen molar-refractivity contribution in [1.82, 2.24) is 20.1 Å². The Hall–Kier alpha value is -2.02. The number of rotatable bonds is 3. The van der Waals surface area contributed by atoms with Gasteiger partial charge in [-0.1, -0.05) is 0 Å². The smallest absolute Gasteiger partial charge is 0.231 e. The summed E-state index contributed by atoms with van der Waals surface area (Å²) in [6.07, 6.45) is 2.91. The van der Waals surface area contributed by atoms with Crippen LogP contribution in [-0.2, 0) is 11.3 Å².